The van der Waals surface area contributed by atoms with E-state index in [2.05, 4.69) is 36.9 Å². The highest BCUT2D eigenvalue weighted by Gasteiger charge is 2.18. The molecule has 1 saturated heterocycles. The molecule has 0 bridgehead atoms. The Kier molecular flexibility index (Phi) is 5.90. The summed E-state index contributed by atoms with van der Waals surface area (Å²) in [6.07, 6.45) is 7.81. The zero-order valence-corrected chi connectivity index (χ0v) is 13.2. The third-order valence-corrected chi connectivity index (χ3v) is 4.53. The SMILES string of the molecule is CCCC1CCCN(c2ccc(C)cc2CCN)CC1. The number of hydrogen-bond donors (Lipinski definition) is 1. The fraction of sp³-hybridized carbons (Fsp3) is 0.667. The van der Waals surface area contributed by atoms with E-state index in [1.807, 2.05) is 0 Å². The minimum atomic E-state index is 0.739. The van der Waals surface area contributed by atoms with Crippen LogP contribution in [0.3, 0.4) is 0 Å². The second-order valence-corrected chi connectivity index (χ2v) is 6.24. The van der Waals surface area contributed by atoms with E-state index in [1.165, 1.54) is 62.0 Å². The average molecular weight is 274 g/mol. The van der Waals surface area contributed by atoms with Gasteiger partial charge in [-0.05, 0) is 56.7 Å². The van der Waals surface area contributed by atoms with Crippen LogP contribution in [0, 0.1) is 12.8 Å². The highest BCUT2D eigenvalue weighted by Crippen LogP contribution is 2.28. The Bertz CT molecular complexity index is 414. The molecule has 1 fully saturated rings. The summed E-state index contributed by atoms with van der Waals surface area (Å²) in [6.45, 7) is 7.64. The molecule has 2 heteroatoms. The second kappa shape index (κ2) is 7.68. The van der Waals surface area contributed by atoms with Gasteiger partial charge < -0.3 is 10.6 Å². The van der Waals surface area contributed by atoms with Gasteiger partial charge in [0.1, 0.15) is 0 Å². The summed E-state index contributed by atoms with van der Waals surface area (Å²) in [7, 11) is 0. The van der Waals surface area contributed by atoms with Crippen LogP contribution in [0.4, 0.5) is 5.69 Å². The maximum absolute atomic E-state index is 5.78. The number of benzene rings is 1. The Morgan fingerprint density at radius 3 is 2.85 bits per heavy atom. The van der Waals surface area contributed by atoms with E-state index in [0.717, 1.165) is 18.9 Å². The molecular formula is C18H30N2. The molecular weight excluding hydrogens is 244 g/mol. The summed E-state index contributed by atoms with van der Waals surface area (Å²) < 4.78 is 0. The Labute approximate surface area is 124 Å². The van der Waals surface area contributed by atoms with Crippen LogP contribution in [0.15, 0.2) is 18.2 Å². The lowest BCUT2D eigenvalue weighted by Crippen LogP contribution is -2.26. The van der Waals surface area contributed by atoms with Crippen LogP contribution in [0.25, 0.3) is 0 Å². The first-order valence-corrected chi connectivity index (χ1v) is 8.29. The van der Waals surface area contributed by atoms with Gasteiger partial charge in [-0.3, -0.25) is 0 Å². The van der Waals surface area contributed by atoms with Gasteiger partial charge in [0.15, 0.2) is 0 Å². The smallest absolute Gasteiger partial charge is 0.0399 e. The molecule has 0 aliphatic carbocycles. The zero-order valence-electron chi connectivity index (χ0n) is 13.2. The van der Waals surface area contributed by atoms with Gasteiger partial charge in [-0.15, -0.1) is 0 Å². The molecule has 0 aromatic heterocycles. The summed E-state index contributed by atoms with van der Waals surface area (Å²) >= 11 is 0. The molecule has 1 heterocycles. The van der Waals surface area contributed by atoms with Crippen molar-refractivity contribution in [2.75, 3.05) is 24.5 Å². The maximum Gasteiger partial charge on any atom is 0.0399 e. The van der Waals surface area contributed by atoms with Gasteiger partial charge >= 0.3 is 0 Å². The molecule has 1 aromatic carbocycles. The lowest BCUT2D eigenvalue weighted by Gasteiger charge is -2.26. The monoisotopic (exact) mass is 274 g/mol. The van der Waals surface area contributed by atoms with Crippen LogP contribution in [0.2, 0.25) is 0 Å². The van der Waals surface area contributed by atoms with Crippen LogP contribution in [0.1, 0.15) is 50.2 Å². The van der Waals surface area contributed by atoms with E-state index in [0.29, 0.717) is 0 Å². The largest absolute Gasteiger partial charge is 0.371 e. The van der Waals surface area contributed by atoms with Gasteiger partial charge in [-0.1, -0.05) is 37.5 Å². The molecule has 0 radical (unpaired) electrons. The van der Waals surface area contributed by atoms with Gasteiger partial charge in [0, 0.05) is 18.8 Å². The first-order chi connectivity index (χ1) is 9.74. The zero-order chi connectivity index (χ0) is 14.4. The van der Waals surface area contributed by atoms with E-state index < -0.39 is 0 Å². The molecule has 2 nitrogen and oxygen atoms in total. The van der Waals surface area contributed by atoms with E-state index in [9.17, 15) is 0 Å². The Hall–Kier alpha value is -1.02. The second-order valence-electron chi connectivity index (χ2n) is 6.24. The molecule has 2 rings (SSSR count). The summed E-state index contributed by atoms with van der Waals surface area (Å²) in [5.74, 6) is 0.938. The number of aryl methyl sites for hydroxylation is 1. The van der Waals surface area contributed by atoms with Gasteiger partial charge in [0.05, 0.1) is 0 Å². The lowest BCUT2D eigenvalue weighted by molar-refractivity contribution is 0.435. The van der Waals surface area contributed by atoms with Gasteiger partial charge in [0.2, 0.25) is 0 Å². The van der Waals surface area contributed by atoms with Crippen molar-refractivity contribution in [3.63, 3.8) is 0 Å². The van der Waals surface area contributed by atoms with Crippen molar-refractivity contribution in [3.8, 4) is 0 Å². The minimum absolute atomic E-state index is 0.739. The fourth-order valence-corrected chi connectivity index (χ4v) is 3.48. The average Bonchev–Trinajstić information content (AvgIpc) is 2.66. The normalized spacial score (nSPS) is 19.9. The summed E-state index contributed by atoms with van der Waals surface area (Å²) in [5, 5.41) is 0. The molecule has 1 aliphatic heterocycles. The van der Waals surface area contributed by atoms with Gasteiger partial charge in [-0.25, -0.2) is 0 Å². The van der Waals surface area contributed by atoms with E-state index in [-0.39, 0.29) is 0 Å². The van der Waals surface area contributed by atoms with Crippen molar-refractivity contribution in [2.24, 2.45) is 11.7 Å². The van der Waals surface area contributed by atoms with Crippen molar-refractivity contribution < 1.29 is 0 Å². The Morgan fingerprint density at radius 1 is 1.25 bits per heavy atom. The van der Waals surface area contributed by atoms with Gasteiger partial charge in [0.25, 0.3) is 0 Å². The first-order valence-electron chi connectivity index (χ1n) is 8.29. The molecule has 0 saturated carbocycles. The number of nitrogens with two attached hydrogens (primary N) is 1. The maximum atomic E-state index is 5.78. The summed E-state index contributed by atoms with van der Waals surface area (Å²) in [4.78, 5) is 2.60. The van der Waals surface area contributed by atoms with Crippen LogP contribution in [-0.2, 0) is 6.42 Å². The number of nitrogens with zero attached hydrogens (tertiary/aromatic N) is 1. The third-order valence-electron chi connectivity index (χ3n) is 4.53. The predicted octanol–water partition coefficient (Wildman–Crippen LogP) is 3.90. The van der Waals surface area contributed by atoms with E-state index in [1.54, 1.807) is 0 Å². The standard InChI is InChI=1S/C18H30N2/c1-3-5-16-6-4-12-20(13-10-16)18-8-7-15(2)14-17(18)9-11-19/h7-8,14,16H,3-6,9-13,19H2,1-2H3. The minimum Gasteiger partial charge on any atom is -0.371 e. The van der Waals surface area contributed by atoms with Crippen LogP contribution < -0.4 is 10.6 Å². The number of anilines is 1. The summed E-state index contributed by atoms with van der Waals surface area (Å²) in [6, 6.07) is 6.86. The van der Waals surface area contributed by atoms with Crippen molar-refractivity contribution in [2.45, 2.75) is 52.4 Å². The van der Waals surface area contributed by atoms with Crippen molar-refractivity contribution >= 4 is 5.69 Å². The quantitative estimate of drug-likeness (QED) is 0.882. The highest BCUT2D eigenvalue weighted by molar-refractivity contribution is 5.55. The number of hydrogen-bond acceptors (Lipinski definition) is 2. The lowest BCUT2D eigenvalue weighted by atomic mass is 9.96. The molecule has 112 valence electrons. The fourth-order valence-electron chi connectivity index (χ4n) is 3.48. The van der Waals surface area contributed by atoms with E-state index >= 15 is 0 Å². The molecule has 0 amide bonds. The first kappa shape index (κ1) is 15.4. The topological polar surface area (TPSA) is 29.3 Å². The van der Waals surface area contributed by atoms with Crippen molar-refractivity contribution in [1.82, 2.24) is 0 Å². The van der Waals surface area contributed by atoms with E-state index in [4.69, 9.17) is 5.73 Å². The van der Waals surface area contributed by atoms with Crippen LogP contribution in [0.5, 0.6) is 0 Å². The van der Waals surface area contributed by atoms with Crippen molar-refractivity contribution in [1.29, 1.82) is 0 Å². The molecule has 1 aliphatic rings. The molecule has 0 spiro atoms. The highest BCUT2D eigenvalue weighted by atomic mass is 15.1. The number of rotatable bonds is 5. The molecule has 1 atom stereocenters. The molecule has 20 heavy (non-hydrogen) atoms. The van der Waals surface area contributed by atoms with Crippen molar-refractivity contribution in [3.05, 3.63) is 29.3 Å². The molecule has 2 N–H and O–H groups in total. The van der Waals surface area contributed by atoms with Crippen LogP contribution in [-0.4, -0.2) is 19.6 Å². The molecule has 1 unspecified atom stereocenters. The molecule has 1 aromatic rings. The van der Waals surface area contributed by atoms with Gasteiger partial charge in [-0.2, -0.15) is 0 Å². The summed E-state index contributed by atoms with van der Waals surface area (Å²) in [5.41, 5.74) is 9.99. The van der Waals surface area contributed by atoms with Crippen LogP contribution >= 0.6 is 0 Å². The Balaban J connectivity index is 2.10. The predicted molar refractivity (Wildman–Crippen MR) is 88.4 cm³/mol. The Morgan fingerprint density at radius 2 is 2.10 bits per heavy atom. The third kappa shape index (κ3) is 3.99.